The van der Waals surface area contributed by atoms with Gasteiger partial charge >= 0.3 is 0 Å². The van der Waals surface area contributed by atoms with Crippen LogP contribution in [-0.2, 0) is 4.79 Å². The predicted octanol–water partition coefficient (Wildman–Crippen LogP) is 1.00. The lowest BCUT2D eigenvalue weighted by molar-refractivity contribution is -0.385. The lowest BCUT2D eigenvalue weighted by Gasteiger charge is -2.31. The van der Waals surface area contributed by atoms with Crippen molar-refractivity contribution >= 4 is 29.0 Å². The molecule has 1 saturated heterocycles. The van der Waals surface area contributed by atoms with Gasteiger partial charge in [-0.1, -0.05) is 11.6 Å². The van der Waals surface area contributed by atoms with Crippen LogP contribution in [0, 0.1) is 10.1 Å². The molecule has 0 bridgehead atoms. The Balaban J connectivity index is 1.91. The second-order valence-electron chi connectivity index (χ2n) is 4.94. The van der Waals surface area contributed by atoms with Gasteiger partial charge in [-0.2, -0.15) is 0 Å². The smallest absolute Gasteiger partial charge is 0.289 e. The zero-order chi connectivity index (χ0) is 15.4. The maximum atomic E-state index is 10.9. The van der Waals surface area contributed by atoms with Crippen molar-refractivity contribution in [1.82, 2.24) is 9.88 Å². The van der Waals surface area contributed by atoms with Gasteiger partial charge in [-0.15, -0.1) is 0 Å². The minimum atomic E-state index is -0.537. The number of amides is 1. The summed E-state index contributed by atoms with van der Waals surface area (Å²) in [6.07, 6.45) is 2.82. The van der Waals surface area contributed by atoms with E-state index < -0.39 is 4.92 Å². The second kappa shape index (κ2) is 6.68. The molecule has 0 aromatic carbocycles. The van der Waals surface area contributed by atoms with Crippen LogP contribution < -0.4 is 11.1 Å². The molecule has 8 nitrogen and oxygen atoms in total. The van der Waals surface area contributed by atoms with Crippen LogP contribution in [0.2, 0.25) is 5.02 Å². The highest BCUT2D eigenvalue weighted by atomic mass is 35.5. The third-order valence-electron chi connectivity index (χ3n) is 3.35. The van der Waals surface area contributed by atoms with E-state index in [4.69, 9.17) is 17.3 Å². The number of rotatable bonds is 5. The first-order chi connectivity index (χ1) is 9.95. The number of hydrogen-bond donors (Lipinski definition) is 2. The SMILES string of the molecule is NC(=O)CN1CCC(Nc2ncc([N+](=O)[O-])cc2Cl)CC1. The van der Waals surface area contributed by atoms with Crippen molar-refractivity contribution in [3.05, 3.63) is 27.4 Å². The predicted molar refractivity (Wildman–Crippen MR) is 78.2 cm³/mol. The number of anilines is 1. The first-order valence-corrected chi connectivity index (χ1v) is 6.90. The van der Waals surface area contributed by atoms with Crippen LogP contribution in [0.1, 0.15) is 12.8 Å². The van der Waals surface area contributed by atoms with Gasteiger partial charge in [-0.3, -0.25) is 19.8 Å². The molecule has 1 aromatic rings. The number of piperidine rings is 1. The Morgan fingerprint density at radius 1 is 1.57 bits per heavy atom. The van der Waals surface area contributed by atoms with E-state index in [1.807, 2.05) is 4.90 Å². The Morgan fingerprint density at radius 2 is 2.24 bits per heavy atom. The first-order valence-electron chi connectivity index (χ1n) is 6.53. The fraction of sp³-hybridized carbons (Fsp3) is 0.500. The number of carbonyl (C=O) groups is 1. The highest BCUT2D eigenvalue weighted by Crippen LogP contribution is 2.25. The number of likely N-dealkylation sites (tertiary alicyclic amines) is 1. The summed E-state index contributed by atoms with van der Waals surface area (Å²) in [5, 5.41) is 14.0. The number of nitro groups is 1. The zero-order valence-electron chi connectivity index (χ0n) is 11.3. The summed E-state index contributed by atoms with van der Waals surface area (Å²) in [4.78, 5) is 26.9. The average Bonchev–Trinajstić information content (AvgIpc) is 2.42. The molecule has 0 aliphatic carbocycles. The number of aromatic nitrogens is 1. The molecule has 2 heterocycles. The van der Waals surface area contributed by atoms with Crippen molar-refractivity contribution in [1.29, 1.82) is 0 Å². The van der Waals surface area contributed by atoms with Crippen LogP contribution in [0.25, 0.3) is 0 Å². The van der Waals surface area contributed by atoms with E-state index in [2.05, 4.69) is 10.3 Å². The largest absolute Gasteiger partial charge is 0.369 e. The van der Waals surface area contributed by atoms with Gasteiger partial charge in [0.15, 0.2) is 0 Å². The molecule has 0 radical (unpaired) electrons. The standard InChI is InChI=1S/C12H16ClN5O3/c13-10-5-9(18(20)21)6-15-12(10)16-8-1-3-17(4-2-8)7-11(14)19/h5-6,8H,1-4,7H2,(H2,14,19)(H,15,16). The van der Waals surface area contributed by atoms with Crippen LogP contribution in [-0.4, -0.2) is 46.4 Å². The molecule has 3 N–H and O–H groups in total. The third-order valence-corrected chi connectivity index (χ3v) is 3.63. The van der Waals surface area contributed by atoms with Crippen LogP contribution in [0.15, 0.2) is 12.3 Å². The summed E-state index contributed by atoms with van der Waals surface area (Å²) in [7, 11) is 0. The molecule has 0 unspecified atom stereocenters. The molecular weight excluding hydrogens is 298 g/mol. The van der Waals surface area contributed by atoms with E-state index in [1.165, 1.54) is 12.3 Å². The van der Waals surface area contributed by atoms with Gasteiger partial charge in [0.25, 0.3) is 5.69 Å². The number of hydrogen-bond acceptors (Lipinski definition) is 6. The molecule has 1 aliphatic rings. The van der Waals surface area contributed by atoms with E-state index >= 15 is 0 Å². The van der Waals surface area contributed by atoms with Gasteiger partial charge in [0.05, 0.1) is 16.5 Å². The fourth-order valence-corrected chi connectivity index (χ4v) is 2.50. The lowest BCUT2D eigenvalue weighted by atomic mass is 10.1. The molecule has 9 heteroatoms. The van der Waals surface area contributed by atoms with E-state index in [9.17, 15) is 14.9 Å². The maximum absolute atomic E-state index is 10.9. The number of pyridine rings is 1. The minimum absolute atomic E-state index is 0.137. The maximum Gasteiger partial charge on any atom is 0.289 e. The van der Waals surface area contributed by atoms with Crippen molar-refractivity contribution in [2.45, 2.75) is 18.9 Å². The van der Waals surface area contributed by atoms with Crippen molar-refractivity contribution in [3.63, 3.8) is 0 Å². The van der Waals surface area contributed by atoms with Gasteiger partial charge in [-0.25, -0.2) is 4.98 Å². The first kappa shape index (κ1) is 15.5. The number of nitrogens with two attached hydrogens (primary N) is 1. The van der Waals surface area contributed by atoms with E-state index in [0.29, 0.717) is 5.82 Å². The van der Waals surface area contributed by atoms with Crippen LogP contribution in [0.4, 0.5) is 11.5 Å². The van der Waals surface area contributed by atoms with Crippen molar-refractivity contribution in [3.8, 4) is 0 Å². The number of halogens is 1. The highest BCUT2D eigenvalue weighted by Gasteiger charge is 2.21. The number of primary amides is 1. The molecule has 0 saturated carbocycles. The number of carbonyl (C=O) groups excluding carboxylic acids is 1. The normalized spacial score (nSPS) is 16.6. The number of nitrogens with zero attached hydrogens (tertiary/aromatic N) is 3. The zero-order valence-corrected chi connectivity index (χ0v) is 12.0. The molecular formula is C12H16ClN5O3. The molecule has 0 atom stereocenters. The topological polar surface area (TPSA) is 114 Å². The van der Waals surface area contributed by atoms with E-state index in [-0.39, 0.29) is 29.2 Å². The van der Waals surface area contributed by atoms with Crippen molar-refractivity contribution in [2.75, 3.05) is 25.0 Å². The molecule has 114 valence electrons. The van der Waals surface area contributed by atoms with Gasteiger partial charge in [0.1, 0.15) is 12.0 Å². The van der Waals surface area contributed by atoms with Gasteiger partial charge in [0.2, 0.25) is 5.91 Å². The summed E-state index contributed by atoms with van der Waals surface area (Å²) in [5.41, 5.74) is 5.02. The Morgan fingerprint density at radius 3 is 2.76 bits per heavy atom. The fourth-order valence-electron chi connectivity index (χ4n) is 2.28. The summed E-state index contributed by atoms with van der Waals surface area (Å²) >= 11 is 5.99. The Kier molecular flexibility index (Phi) is 4.92. The minimum Gasteiger partial charge on any atom is -0.369 e. The Bertz CT molecular complexity index is 546. The molecule has 1 fully saturated rings. The average molecular weight is 314 g/mol. The summed E-state index contributed by atoms with van der Waals surface area (Å²) in [5.74, 6) is 0.108. The van der Waals surface area contributed by atoms with Gasteiger partial charge in [0, 0.05) is 25.2 Å². The molecule has 1 aromatic heterocycles. The van der Waals surface area contributed by atoms with E-state index in [0.717, 1.165) is 25.9 Å². The quantitative estimate of drug-likeness (QED) is 0.619. The van der Waals surface area contributed by atoms with Crippen LogP contribution in [0.3, 0.4) is 0 Å². The van der Waals surface area contributed by atoms with Gasteiger partial charge < -0.3 is 11.1 Å². The van der Waals surface area contributed by atoms with Crippen molar-refractivity contribution in [2.24, 2.45) is 5.73 Å². The highest BCUT2D eigenvalue weighted by molar-refractivity contribution is 6.33. The van der Waals surface area contributed by atoms with Crippen molar-refractivity contribution < 1.29 is 9.72 Å². The summed E-state index contributed by atoms with van der Waals surface area (Å²) in [6, 6.07) is 1.44. The second-order valence-corrected chi connectivity index (χ2v) is 5.35. The number of nitrogens with one attached hydrogen (secondary N) is 1. The molecule has 2 rings (SSSR count). The Hall–Kier alpha value is -1.93. The van der Waals surface area contributed by atoms with E-state index in [1.54, 1.807) is 0 Å². The van der Waals surface area contributed by atoms with Crippen LogP contribution >= 0.6 is 11.6 Å². The summed E-state index contributed by atoms with van der Waals surface area (Å²) in [6.45, 7) is 1.78. The molecule has 0 spiro atoms. The molecule has 21 heavy (non-hydrogen) atoms. The third kappa shape index (κ3) is 4.27. The molecule has 1 aliphatic heterocycles. The van der Waals surface area contributed by atoms with Gasteiger partial charge in [-0.05, 0) is 12.8 Å². The monoisotopic (exact) mass is 313 g/mol. The summed E-state index contributed by atoms with van der Waals surface area (Å²) < 4.78 is 0. The molecule has 1 amide bonds. The lowest BCUT2D eigenvalue weighted by Crippen LogP contribution is -2.43. The van der Waals surface area contributed by atoms with Crippen LogP contribution in [0.5, 0.6) is 0 Å². The Labute approximate surface area is 126 Å².